The topological polar surface area (TPSA) is 78.8 Å². The molecule has 0 radical (unpaired) electrons. The van der Waals surface area contributed by atoms with Crippen molar-refractivity contribution < 1.29 is 22.3 Å². The number of hydrogen-bond donors (Lipinski definition) is 1. The Bertz CT molecular complexity index is 1340. The first-order chi connectivity index (χ1) is 18.5. The molecule has 212 valence electrons. The number of aromatic nitrogens is 2. The molecule has 2 fully saturated rings. The van der Waals surface area contributed by atoms with Gasteiger partial charge in [0, 0.05) is 57.0 Å². The largest absolute Gasteiger partial charge is 0.378 e. The molecule has 0 saturated carbocycles. The minimum absolute atomic E-state index is 0.0345. The van der Waals surface area contributed by atoms with Crippen LogP contribution in [-0.2, 0) is 25.4 Å². The van der Waals surface area contributed by atoms with Gasteiger partial charge in [0.15, 0.2) is 0 Å². The molecule has 1 N–H and O–H groups in total. The van der Waals surface area contributed by atoms with Crippen LogP contribution in [0.5, 0.6) is 0 Å². The molecule has 0 spiro atoms. The average molecular weight is 581 g/mol. The fourth-order valence-electron chi connectivity index (χ4n) is 6.19. The number of morpholine rings is 1. The molecule has 3 heterocycles. The van der Waals surface area contributed by atoms with Crippen LogP contribution in [0, 0.1) is 5.92 Å². The van der Waals surface area contributed by atoms with Gasteiger partial charge in [-0.2, -0.15) is 9.35 Å². The molecule has 0 bridgehead atoms. The highest BCUT2D eigenvalue weighted by atomic mass is 35.5. The van der Waals surface area contributed by atoms with Gasteiger partial charge in [0.2, 0.25) is 5.28 Å². The Labute approximate surface area is 233 Å². The van der Waals surface area contributed by atoms with Gasteiger partial charge in [-0.15, -0.1) is 0 Å². The smallest absolute Gasteiger partial charge is 0.224 e. The van der Waals surface area contributed by atoms with Gasteiger partial charge in [0.25, 0.3) is 0 Å². The summed E-state index contributed by atoms with van der Waals surface area (Å²) in [7, 11) is -4.90. The summed E-state index contributed by atoms with van der Waals surface area (Å²) >= 11 is 6.44. The Morgan fingerprint density at radius 3 is 2.46 bits per heavy atom. The lowest BCUT2D eigenvalue weighted by atomic mass is 9.91. The molecule has 0 amide bonds. The van der Waals surface area contributed by atoms with Crippen LogP contribution in [0.25, 0.3) is 0 Å². The SMILES string of the molecule is CC1C(F)=CC(F)=CC1S(C)(=O)(O)C1(c2cc(N3CCOCC3)nc(Cl)n2)CCN(Cc2ccccc2)CC1. The molecular formula is C28H35ClF2N4O3S. The molecule has 1 aromatic heterocycles. The number of hydrogen-bond acceptors (Lipinski definition) is 6. The lowest BCUT2D eigenvalue weighted by Crippen LogP contribution is -2.64. The van der Waals surface area contributed by atoms with Gasteiger partial charge >= 0.3 is 0 Å². The van der Waals surface area contributed by atoms with Gasteiger partial charge in [-0.05, 0) is 36.1 Å². The maximum atomic E-state index is 15.2. The van der Waals surface area contributed by atoms with Crippen molar-refractivity contribution in [2.75, 3.05) is 50.5 Å². The normalized spacial score (nSPS) is 25.4. The van der Waals surface area contributed by atoms with Gasteiger partial charge in [0.05, 0.1) is 24.2 Å². The number of rotatable bonds is 6. The first kappa shape index (κ1) is 28.3. The Kier molecular flexibility index (Phi) is 7.71. The molecule has 3 aliphatic rings. The summed E-state index contributed by atoms with van der Waals surface area (Å²) in [5.41, 5.74) is 1.47. The molecule has 2 aromatic rings. The summed E-state index contributed by atoms with van der Waals surface area (Å²) in [5.74, 6) is -2.03. The van der Waals surface area contributed by atoms with Crippen LogP contribution < -0.4 is 4.90 Å². The first-order valence-electron chi connectivity index (χ1n) is 13.2. The van der Waals surface area contributed by atoms with Crippen molar-refractivity contribution in [2.45, 2.75) is 36.3 Å². The van der Waals surface area contributed by atoms with Crippen molar-refractivity contribution in [3.8, 4) is 0 Å². The summed E-state index contributed by atoms with van der Waals surface area (Å²) in [6.07, 6.45) is 3.69. The second-order valence-electron chi connectivity index (χ2n) is 10.9. The average Bonchev–Trinajstić information content (AvgIpc) is 2.91. The van der Waals surface area contributed by atoms with Gasteiger partial charge in [-0.1, -0.05) is 37.3 Å². The number of benzene rings is 1. The lowest BCUT2D eigenvalue weighted by Gasteiger charge is -2.61. The zero-order valence-electron chi connectivity index (χ0n) is 22.2. The van der Waals surface area contributed by atoms with Crippen molar-refractivity contribution >= 4 is 26.8 Å². The Hall–Kier alpha value is -2.24. The predicted octanol–water partition coefficient (Wildman–Crippen LogP) is 5.11. The van der Waals surface area contributed by atoms with E-state index in [2.05, 4.69) is 14.9 Å². The first-order valence-corrected chi connectivity index (χ1v) is 16.0. The van der Waals surface area contributed by atoms with Crippen molar-refractivity contribution in [3.63, 3.8) is 0 Å². The Morgan fingerprint density at radius 2 is 1.79 bits per heavy atom. The standard InChI is InChI=1S/C28H35ClF2N4O3S/c1-20-23(31)16-22(30)17-24(20)39(2,36,37)28(8-10-34(11-9-28)19-21-6-4-3-5-7-21)25-18-26(33-27(29)32-25)35-12-14-38-15-13-35/h3-7,16-18,20,24H,8-15,19H2,1-2H3,(H,36,37). The number of piperidine rings is 1. The van der Waals surface area contributed by atoms with Crippen LogP contribution in [0.4, 0.5) is 14.6 Å². The lowest BCUT2D eigenvalue weighted by molar-refractivity contribution is 0.122. The van der Waals surface area contributed by atoms with Crippen molar-refractivity contribution in [1.82, 2.24) is 14.9 Å². The van der Waals surface area contributed by atoms with Crippen LogP contribution in [0.15, 0.2) is 60.2 Å². The van der Waals surface area contributed by atoms with Crippen LogP contribution in [0.3, 0.4) is 0 Å². The number of allylic oxidation sites excluding steroid dienone is 3. The minimum Gasteiger partial charge on any atom is -0.378 e. The Morgan fingerprint density at radius 1 is 1.13 bits per heavy atom. The van der Waals surface area contributed by atoms with Crippen molar-refractivity contribution in [1.29, 1.82) is 0 Å². The van der Waals surface area contributed by atoms with E-state index in [1.807, 2.05) is 35.2 Å². The molecule has 39 heavy (non-hydrogen) atoms. The van der Waals surface area contributed by atoms with Crippen LogP contribution in [0.2, 0.25) is 5.28 Å². The summed E-state index contributed by atoms with van der Waals surface area (Å²) in [6.45, 7) is 5.45. The third-order valence-corrected chi connectivity index (χ3v) is 13.0. The number of anilines is 1. The molecule has 2 atom stereocenters. The zero-order valence-corrected chi connectivity index (χ0v) is 23.8. The van der Waals surface area contributed by atoms with Crippen molar-refractivity contribution in [2.24, 2.45) is 5.92 Å². The number of likely N-dealkylation sites (tertiary alicyclic amines) is 1. The molecule has 7 nitrogen and oxygen atoms in total. The van der Waals surface area contributed by atoms with Gasteiger partial charge < -0.3 is 14.2 Å². The van der Waals surface area contributed by atoms with E-state index in [1.165, 1.54) is 13.2 Å². The van der Waals surface area contributed by atoms with Gasteiger partial charge in [0.1, 0.15) is 22.2 Å². The summed E-state index contributed by atoms with van der Waals surface area (Å²) in [6, 6.07) is 11.8. The highest BCUT2D eigenvalue weighted by molar-refractivity contribution is 8.16. The van der Waals surface area contributed by atoms with Gasteiger partial charge in [-0.3, -0.25) is 4.90 Å². The van der Waals surface area contributed by atoms with Gasteiger partial charge in [-0.25, -0.2) is 23.0 Å². The third kappa shape index (κ3) is 5.29. The van der Waals surface area contributed by atoms with Crippen molar-refractivity contribution in [3.05, 3.63) is 76.7 Å². The summed E-state index contributed by atoms with van der Waals surface area (Å²) in [4.78, 5) is 13.2. The zero-order chi connectivity index (χ0) is 27.9. The van der Waals surface area contributed by atoms with Crippen LogP contribution in [0.1, 0.15) is 31.0 Å². The molecule has 11 heteroatoms. The van der Waals surface area contributed by atoms with E-state index in [9.17, 15) is 13.3 Å². The predicted molar refractivity (Wildman–Crippen MR) is 151 cm³/mol. The minimum atomic E-state index is -4.90. The van der Waals surface area contributed by atoms with E-state index >= 15 is 4.21 Å². The molecule has 1 aromatic carbocycles. The highest BCUT2D eigenvalue weighted by Crippen LogP contribution is 2.56. The van der Waals surface area contributed by atoms with E-state index in [0.29, 0.717) is 57.4 Å². The summed E-state index contributed by atoms with van der Waals surface area (Å²) in [5, 5.41) is -1.32. The van der Waals surface area contributed by atoms with E-state index in [0.717, 1.165) is 17.7 Å². The third-order valence-electron chi connectivity index (χ3n) is 8.52. The number of nitrogens with zero attached hydrogens (tertiary/aromatic N) is 4. The summed E-state index contributed by atoms with van der Waals surface area (Å²) < 4.78 is 61.0. The number of halogens is 3. The molecule has 1 aliphatic carbocycles. The molecule has 2 unspecified atom stereocenters. The Balaban J connectivity index is 1.58. The quantitative estimate of drug-likeness (QED) is 0.476. The fraction of sp³-hybridized carbons (Fsp3) is 0.500. The number of ether oxygens (including phenoxy) is 1. The second kappa shape index (κ2) is 10.6. The van der Waals surface area contributed by atoms with Crippen LogP contribution in [-0.4, -0.2) is 74.5 Å². The highest BCUT2D eigenvalue weighted by Gasteiger charge is 2.57. The fourth-order valence-corrected chi connectivity index (χ4v) is 10.2. The maximum Gasteiger partial charge on any atom is 0.224 e. The molecular weight excluding hydrogens is 546 g/mol. The monoisotopic (exact) mass is 580 g/mol. The molecule has 5 rings (SSSR count). The van der Waals surface area contributed by atoms with Crippen LogP contribution >= 0.6 is 11.6 Å². The van der Waals surface area contributed by atoms with E-state index in [1.54, 1.807) is 6.07 Å². The molecule has 2 saturated heterocycles. The molecule has 2 aliphatic heterocycles. The van der Waals surface area contributed by atoms with E-state index in [4.69, 9.17) is 16.3 Å². The maximum absolute atomic E-state index is 15.2. The van der Waals surface area contributed by atoms with E-state index in [-0.39, 0.29) is 18.1 Å². The van der Waals surface area contributed by atoms with E-state index < -0.39 is 36.9 Å². The second-order valence-corrected chi connectivity index (χ2v) is 15.3.